The molecule has 1 atom stereocenters. The molecule has 9 heteroatoms. The van der Waals surface area contributed by atoms with Gasteiger partial charge in [0.1, 0.15) is 11.5 Å². The van der Waals surface area contributed by atoms with Crippen molar-refractivity contribution in [3.63, 3.8) is 0 Å². The molecule has 0 spiro atoms. The van der Waals surface area contributed by atoms with Crippen LogP contribution in [0.4, 0.5) is 11.4 Å². The van der Waals surface area contributed by atoms with Crippen LogP contribution in [-0.2, 0) is 16.4 Å². The van der Waals surface area contributed by atoms with Gasteiger partial charge in [-0.05, 0) is 73.6 Å². The van der Waals surface area contributed by atoms with E-state index in [1.54, 1.807) is 24.3 Å². The molecular weight excluding hydrogens is 480 g/mol. The number of Topliss-reactive ketones (excluding diaryl/α,β-unsaturated/α-hetero) is 1. The molecule has 0 amide bonds. The van der Waals surface area contributed by atoms with Crippen molar-refractivity contribution in [3.05, 3.63) is 81.4 Å². The van der Waals surface area contributed by atoms with E-state index in [4.69, 9.17) is 10.2 Å². The van der Waals surface area contributed by atoms with Gasteiger partial charge in [-0.3, -0.25) is 9.52 Å². The number of nitrogens with one attached hydrogen (secondary N) is 1. The summed E-state index contributed by atoms with van der Waals surface area (Å²) in [5.74, 6) is -0.703. The summed E-state index contributed by atoms with van der Waals surface area (Å²) in [5.41, 5.74) is 6.65. The first-order valence-corrected chi connectivity index (χ1v) is 13.6. The average molecular weight is 509 g/mol. The first-order chi connectivity index (χ1) is 17.2. The summed E-state index contributed by atoms with van der Waals surface area (Å²) >= 11 is 0. The lowest BCUT2D eigenvalue weighted by Crippen LogP contribution is -2.21. The number of nitrogens with two attached hydrogens (primary N) is 1. The Balaban J connectivity index is 1.54. The zero-order chi connectivity index (χ0) is 25.4. The van der Waals surface area contributed by atoms with Crippen LogP contribution < -0.4 is 16.1 Å². The lowest BCUT2D eigenvalue weighted by Gasteiger charge is -2.21. The Kier molecular flexibility index (Phi) is 6.34. The zero-order valence-corrected chi connectivity index (χ0v) is 20.5. The van der Waals surface area contributed by atoms with E-state index in [-0.39, 0.29) is 39.2 Å². The van der Waals surface area contributed by atoms with Gasteiger partial charge in [-0.15, -0.1) is 0 Å². The largest absolute Gasteiger partial charge is 0.506 e. The molecule has 188 valence electrons. The van der Waals surface area contributed by atoms with Crippen LogP contribution >= 0.6 is 0 Å². The zero-order valence-electron chi connectivity index (χ0n) is 19.7. The summed E-state index contributed by atoms with van der Waals surface area (Å²) in [6.45, 7) is 0. The standard InChI is InChI=1S/C27H28N2O6S/c28-18-11-13-20(14-12-18)36(33,34)29-19-6-4-5-17(15-19)23(16-9-10-16)25-26(31)24-21(30)7-2-1-3-8-22(24)35-27(25)32/h4-6,11-16,23,29,31H,1-3,7-10,28H2. The fourth-order valence-electron chi connectivity index (χ4n) is 4.95. The predicted octanol–water partition coefficient (Wildman–Crippen LogP) is 4.57. The van der Waals surface area contributed by atoms with Crippen molar-refractivity contribution >= 4 is 27.2 Å². The molecule has 36 heavy (non-hydrogen) atoms. The molecule has 2 aromatic carbocycles. The maximum atomic E-state index is 13.1. The molecule has 0 radical (unpaired) electrons. The molecule has 1 unspecified atom stereocenters. The van der Waals surface area contributed by atoms with Crippen molar-refractivity contribution in [1.29, 1.82) is 0 Å². The van der Waals surface area contributed by atoms with Gasteiger partial charge in [0.05, 0.1) is 16.0 Å². The normalized spacial score (nSPS) is 17.1. The molecule has 1 saturated carbocycles. The van der Waals surface area contributed by atoms with Gasteiger partial charge in [-0.25, -0.2) is 13.2 Å². The highest BCUT2D eigenvalue weighted by Crippen LogP contribution is 2.49. The van der Waals surface area contributed by atoms with Crippen molar-refractivity contribution in [2.45, 2.75) is 55.8 Å². The molecule has 0 aliphatic heterocycles. The Bertz CT molecular complexity index is 1470. The van der Waals surface area contributed by atoms with Crippen LogP contribution in [0, 0.1) is 5.92 Å². The van der Waals surface area contributed by atoms with Gasteiger partial charge >= 0.3 is 5.63 Å². The molecule has 1 fully saturated rings. The van der Waals surface area contributed by atoms with Crippen LogP contribution in [0.25, 0.3) is 0 Å². The minimum Gasteiger partial charge on any atom is -0.506 e. The minimum absolute atomic E-state index is 0.0688. The number of fused-ring (bicyclic) bond motifs is 1. The maximum Gasteiger partial charge on any atom is 0.343 e. The van der Waals surface area contributed by atoms with Gasteiger partial charge in [-0.1, -0.05) is 18.6 Å². The Morgan fingerprint density at radius 3 is 2.44 bits per heavy atom. The number of benzene rings is 2. The number of carbonyl (C=O) groups is 1. The molecule has 4 N–H and O–H groups in total. The van der Waals surface area contributed by atoms with Gasteiger partial charge in [0.2, 0.25) is 0 Å². The number of ketones is 1. The average Bonchev–Trinajstić information content (AvgIpc) is 3.65. The summed E-state index contributed by atoms with van der Waals surface area (Å²) in [6.07, 6.45) is 4.79. The number of nitrogen functional groups attached to an aromatic ring is 1. The van der Waals surface area contributed by atoms with Crippen molar-refractivity contribution in [2.75, 3.05) is 10.5 Å². The second kappa shape index (κ2) is 9.46. The Labute approximate surface area is 209 Å². The molecule has 3 aromatic rings. The lowest BCUT2D eigenvalue weighted by atomic mass is 9.85. The quantitative estimate of drug-likeness (QED) is 0.414. The fourth-order valence-corrected chi connectivity index (χ4v) is 6.00. The summed E-state index contributed by atoms with van der Waals surface area (Å²) in [6, 6.07) is 12.6. The molecule has 8 nitrogen and oxygen atoms in total. The topological polar surface area (TPSA) is 140 Å². The van der Waals surface area contributed by atoms with Gasteiger partial charge in [-0.2, -0.15) is 0 Å². The predicted molar refractivity (Wildman–Crippen MR) is 136 cm³/mol. The SMILES string of the molecule is Nc1ccc(S(=O)(=O)Nc2cccc(C(c3c(O)c4c(oc3=O)CCCCCC4=O)C3CC3)c2)cc1. The number of aryl methyl sites for hydroxylation is 1. The van der Waals surface area contributed by atoms with Crippen molar-refractivity contribution in [1.82, 2.24) is 0 Å². The van der Waals surface area contributed by atoms with E-state index < -0.39 is 21.6 Å². The van der Waals surface area contributed by atoms with Crippen LogP contribution in [0.15, 0.2) is 62.6 Å². The smallest absolute Gasteiger partial charge is 0.343 e. The van der Waals surface area contributed by atoms with Crippen molar-refractivity contribution in [2.24, 2.45) is 5.92 Å². The number of aromatic hydroxyl groups is 1. The third-order valence-corrected chi connectivity index (χ3v) is 8.28. The fraction of sp³-hybridized carbons (Fsp3) is 0.333. The second-order valence-electron chi connectivity index (χ2n) is 9.55. The first kappa shape index (κ1) is 24.1. The highest BCUT2D eigenvalue weighted by molar-refractivity contribution is 7.92. The molecule has 0 bridgehead atoms. The van der Waals surface area contributed by atoms with Gasteiger partial charge < -0.3 is 15.3 Å². The summed E-state index contributed by atoms with van der Waals surface area (Å²) < 4.78 is 34.0. The van der Waals surface area contributed by atoms with Gasteiger partial charge in [0.25, 0.3) is 10.0 Å². The summed E-state index contributed by atoms with van der Waals surface area (Å²) in [4.78, 5) is 26.0. The third-order valence-electron chi connectivity index (χ3n) is 6.89. The van der Waals surface area contributed by atoms with E-state index in [1.807, 2.05) is 0 Å². The third kappa shape index (κ3) is 4.75. The Hall–Kier alpha value is -3.59. The second-order valence-corrected chi connectivity index (χ2v) is 11.2. The van der Waals surface area contributed by atoms with Crippen molar-refractivity contribution in [3.8, 4) is 5.75 Å². The van der Waals surface area contributed by atoms with Crippen LogP contribution in [0.1, 0.15) is 71.7 Å². The van der Waals surface area contributed by atoms with E-state index in [2.05, 4.69) is 4.72 Å². The number of hydrogen-bond donors (Lipinski definition) is 3. The van der Waals surface area contributed by atoms with Crippen LogP contribution in [0.3, 0.4) is 0 Å². The number of hydrogen-bond acceptors (Lipinski definition) is 7. The Morgan fingerprint density at radius 2 is 1.72 bits per heavy atom. The number of rotatable bonds is 6. The van der Waals surface area contributed by atoms with E-state index >= 15 is 0 Å². The van der Waals surface area contributed by atoms with Crippen molar-refractivity contribution < 1.29 is 22.7 Å². The molecule has 1 aromatic heterocycles. The van der Waals surface area contributed by atoms with Crippen LogP contribution in [0.2, 0.25) is 0 Å². The van der Waals surface area contributed by atoms with E-state index in [1.165, 1.54) is 24.3 Å². The number of sulfonamides is 1. The Morgan fingerprint density at radius 1 is 1.00 bits per heavy atom. The summed E-state index contributed by atoms with van der Waals surface area (Å²) in [7, 11) is -3.86. The van der Waals surface area contributed by atoms with E-state index in [0.717, 1.165) is 32.1 Å². The molecule has 2 aliphatic rings. The van der Waals surface area contributed by atoms with Gasteiger partial charge in [0.15, 0.2) is 5.78 Å². The highest BCUT2D eigenvalue weighted by Gasteiger charge is 2.39. The molecule has 2 aliphatic carbocycles. The van der Waals surface area contributed by atoms with Gasteiger partial charge in [0, 0.05) is 30.1 Å². The highest BCUT2D eigenvalue weighted by atomic mass is 32.2. The number of carbonyl (C=O) groups excluding carboxylic acids is 1. The molecule has 0 saturated heterocycles. The molecule has 1 heterocycles. The molecule has 5 rings (SSSR count). The summed E-state index contributed by atoms with van der Waals surface area (Å²) in [5, 5.41) is 11.2. The minimum atomic E-state index is -3.86. The monoisotopic (exact) mass is 508 g/mol. The molecular formula is C27H28N2O6S. The van der Waals surface area contributed by atoms with Crippen LogP contribution in [0.5, 0.6) is 5.75 Å². The maximum absolute atomic E-state index is 13.1. The van der Waals surface area contributed by atoms with E-state index in [0.29, 0.717) is 29.8 Å². The lowest BCUT2D eigenvalue weighted by molar-refractivity contribution is 0.0968. The first-order valence-electron chi connectivity index (χ1n) is 12.1. The van der Waals surface area contributed by atoms with E-state index in [9.17, 15) is 23.1 Å². The number of anilines is 2. The van der Waals surface area contributed by atoms with Crippen LogP contribution in [-0.4, -0.2) is 19.3 Å².